The van der Waals surface area contributed by atoms with Crippen molar-refractivity contribution in [1.82, 2.24) is 9.56 Å². The van der Waals surface area contributed by atoms with Gasteiger partial charge in [0.05, 0.1) is 5.69 Å². The molecule has 0 atom stereocenters. The van der Waals surface area contributed by atoms with Gasteiger partial charge in [-0.3, -0.25) is 9.59 Å². The maximum atomic E-state index is 12.5. The smallest absolute Gasteiger partial charge is 0.287 e. The summed E-state index contributed by atoms with van der Waals surface area (Å²) in [6.07, 6.45) is 0. The number of benzene rings is 2. The van der Waals surface area contributed by atoms with E-state index in [0.29, 0.717) is 34.1 Å². The molecule has 7 heteroatoms. The third-order valence-corrected chi connectivity index (χ3v) is 4.66. The largest absolute Gasteiger partial charge is 0.487 e. The molecule has 2 aromatic carbocycles. The first-order chi connectivity index (χ1) is 14.4. The van der Waals surface area contributed by atoms with Crippen LogP contribution in [0.15, 0.2) is 63.9 Å². The van der Waals surface area contributed by atoms with Crippen molar-refractivity contribution >= 4 is 17.2 Å². The Bertz CT molecular complexity index is 1290. The van der Waals surface area contributed by atoms with Gasteiger partial charge in [-0.2, -0.15) is 0 Å². The fraction of sp³-hybridized carbons (Fsp3) is 0.174. The second-order valence-electron chi connectivity index (χ2n) is 7.17. The molecule has 2 aromatic heterocycles. The molecule has 0 spiro atoms. The number of carbonyl (C=O) groups is 1. The average Bonchev–Trinajstić information content (AvgIpc) is 3.09. The third kappa shape index (κ3) is 4.10. The van der Waals surface area contributed by atoms with Crippen molar-refractivity contribution in [2.24, 2.45) is 0 Å². The van der Waals surface area contributed by atoms with E-state index in [2.05, 4.69) is 10.3 Å². The number of ether oxygens (including phenoxy) is 1. The lowest BCUT2D eigenvalue weighted by molar-refractivity contribution is 0.102. The summed E-state index contributed by atoms with van der Waals surface area (Å²) in [5.41, 5.74) is 3.83. The second-order valence-corrected chi connectivity index (χ2v) is 7.17. The Morgan fingerprint density at radius 1 is 1.07 bits per heavy atom. The standard InChI is InChI=1S/C23H21N3O4/c1-14-4-7-17(8-5-14)23(28)25-18-9-6-15(2)20(11-18)29-13-19-12-22(27)26-21(24-19)10-16(3)30-26/h4-12H,13H2,1-3H3,(H,25,28). The Morgan fingerprint density at radius 2 is 1.83 bits per heavy atom. The van der Waals surface area contributed by atoms with E-state index in [1.165, 1.54) is 6.07 Å². The summed E-state index contributed by atoms with van der Waals surface area (Å²) >= 11 is 0. The predicted molar refractivity (Wildman–Crippen MR) is 113 cm³/mol. The average molecular weight is 403 g/mol. The quantitative estimate of drug-likeness (QED) is 0.543. The lowest BCUT2D eigenvalue weighted by Gasteiger charge is -2.12. The van der Waals surface area contributed by atoms with Crippen LogP contribution >= 0.6 is 0 Å². The Balaban J connectivity index is 1.50. The molecule has 0 bridgehead atoms. The van der Waals surface area contributed by atoms with Gasteiger partial charge >= 0.3 is 0 Å². The summed E-state index contributed by atoms with van der Waals surface area (Å²) in [6.45, 7) is 5.75. The topological polar surface area (TPSA) is 85.8 Å². The Morgan fingerprint density at radius 3 is 2.60 bits per heavy atom. The summed E-state index contributed by atoms with van der Waals surface area (Å²) in [4.78, 5) is 29.0. The van der Waals surface area contributed by atoms with Crippen molar-refractivity contribution in [2.75, 3.05) is 5.32 Å². The zero-order valence-electron chi connectivity index (χ0n) is 16.9. The van der Waals surface area contributed by atoms with E-state index in [9.17, 15) is 9.59 Å². The lowest BCUT2D eigenvalue weighted by atomic mass is 10.1. The van der Waals surface area contributed by atoms with Crippen molar-refractivity contribution in [3.05, 3.63) is 93.1 Å². The van der Waals surface area contributed by atoms with Crippen molar-refractivity contribution in [2.45, 2.75) is 27.4 Å². The van der Waals surface area contributed by atoms with Crippen LogP contribution in [0.3, 0.4) is 0 Å². The molecule has 2 heterocycles. The Kier molecular flexibility index (Phi) is 5.10. The predicted octanol–water partition coefficient (Wildman–Crippen LogP) is 4.04. The van der Waals surface area contributed by atoms with Gasteiger partial charge in [0.2, 0.25) is 0 Å². The van der Waals surface area contributed by atoms with Crippen LogP contribution in [0.1, 0.15) is 32.9 Å². The van der Waals surface area contributed by atoms with Crippen molar-refractivity contribution in [3.63, 3.8) is 0 Å². The molecule has 30 heavy (non-hydrogen) atoms. The molecule has 0 saturated heterocycles. The van der Waals surface area contributed by atoms with Crippen LogP contribution in [-0.4, -0.2) is 15.5 Å². The zero-order chi connectivity index (χ0) is 21.3. The Labute approximate surface area is 172 Å². The number of fused-ring (bicyclic) bond motifs is 1. The highest BCUT2D eigenvalue weighted by Gasteiger charge is 2.10. The van der Waals surface area contributed by atoms with E-state index in [4.69, 9.17) is 9.26 Å². The molecule has 0 aliphatic heterocycles. The number of nitrogens with zero attached hydrogens (tertiary/aromatic N) is 2. The van der Waals surface area contributed by atoms with Crippen molar-refractivity contribution in [1.29, 1.82) is 0 Å². The Hall–Kier alpha value is -3.87. The lowest BCUT2D eigenvalue weighted by Crippen LogP contribution is -2.14. The molecular formula is C23H21N3O4. The minimum Gasteiger partial charge on any atom is -0.487 e. The molecular weight excluding hydrogens is 382 g/mol. The fourth-order valence-corrected chi connectivity index (χ4v) is 3.04. The molecule has 1 N–H and O–H groups in total. The minimum atomic E-state index is -0.303. The molecule has 4 aromatic rings. The van der Waals surface area contributed by atoms with Crippen molar-refractivity contribution < 1.29 is 14.1 Å². The van der Waals surface area contributed by atoms with E-state index in [1.54, 1.807) is 31.2 Å². The molecule has 4 rings (SSSR count). The molecule has 1 amide bonds. The molecule has 0 fully saturated rings. The summed E-state index contributed by atoms with van der Waals surface area (Å²) in [7, 11) is 0. The van der Waals surface area contributed by atoms with E-state index in [1.807, 2.05) is 38.1 Å². The van der Waals surface area contributed by atoms with E-state index in [-0.39, 0.29) is 18.1 Å². The zero-order valence-corrected chi connectivity index (χ0v) is 16.9. The maximum Gasteiger partial charge on any atom is 0.287 e. The number of hydrogen-bond acceptors (Lipinski definition) is 5. The first-order valence-corrected chi connectivity index (χ1v) is 9.50. The van der Waals surface area contributed by atoms with Gasteiger partial charge in [0.1, 0.15) is 18.1 Å². The van der Waals surface area contributed by atoms with Gasteiger partial charge in [-0.25, -0.2) is 4.98 Å². The summed E-state index contributed by atoms with van der Waals surface area (Å²) in [5, 5.41) is 2.88. The van der Waals surface area contributed by atoms with Crippen LogP contribution in [0, 0.1) is 20.8 Å². The molecule has 0 unspecified atom stereocenters. The highest BCUT2D eigenvalue weighted by atomic mass is 16.5. The van der Waals surface area contributed by atoms with Gasteiger partial charge < -0.3 is 14.6 Å². The van der Waals surface area contributed by atoms with Crippen LogP contribution in [0.25, 0.3) is 5.65 Å². The number of aromatic nitrogens is 2. The van der Waals surface area contributed by atoms with Crippen LogP contribution < -0.4 is 15.6 Å². The van der Waals surface area contributed by atoms with Crippen LogP contribution in [0.5, 0.6) is 5.75 Å². The summed E-state index contributed by atoms with van der Waals surface area (Å²) in [5.74, 6) is 1.01. The van der Waals surface area contributed by atoms with Gasteiger partial charge in [-0.1, -0.05) is 23.8 Å². The first kappa shape index (κ1) is 19.4. The third-order valence-electron chi connectivity index (χ3n) is 4.66. The van der Waals surface area contributed by atoms with Gasteiger partial charge in [0, 0.05) is 29.4 Å². The summed E-state index contributed by atoms with van der Waals surface area (Å²) < 4.78 is 12.3. The fourth-order valence-electron chi connectivity index (χ4n) is 3.04. The SMILES string of the molecule is Cc1ccc(C(=O)Nc2ccc(C)c(OCc3cc(=O)n4oc(C)cc4n3)c2)cc1. The highest BCUT2D eigenvalue weighted by Crippen LogP contribution is 2.24. The minimum absolute atomic E-state index is 0.117. The number of anilines is 1. The molecule has 0 aliphatic rings. The van der Waals surface area contributed by atoms with Gasteiger partial charge in [-0.05, 0) is 44.5 Å². The summed E-state index contributed by atoms with van der Waals surface area (Å²) in [6, 6.07) is 15.9. The molecule has 0 aliphatic carbocycles. The monoisotopic (exact) mass is 403 g/mol. The van der Waals surface area contributed by atoms with E-state index >= 15 is 0 Å². The molecule has 0 saturated carbocycles. The molecule has 0 radical (unpaired) electrons. The number of nitrogens with one attached hydrogen (secondary N) is 1. The van der Waals surface area contributed by atoms with E-state index < -0.39 is 0 Å². The second kappa shape index (κ2) is 7.87. The number of rotatable bonds is 5. The van der Waals surface area contributed by atoms with Crippen LogP contribution in [-0.2, 0) is 6.61 Å². The number of amides is 1. The van der Waals surface area contributed by atoms with Gasteiger partial charge in [0.25, 0.3) is 11.5 Å². The van der Waals surface area contributed by atoms with Gasteiger partial charge in [0.15, 0.2) is 5.65 Å². The molecule has 152 valence electrons. The highest BCUT2D eigenvalue weighted by molar-refractivity contribution is 6.04. The van der Waals surface area contributed by atoms with Crippen LogP contribution in [0.4, 0.5) is 5.69 Å². The van der Waals surface area contributed by atoms with Crippen LogP contribution in [0.2, 0.25) is 0 Å². The van der Waals surface area contributed by atoms with Crippen molar-refractivity contribution in [3.8, 4) is 5.75 Å². The maximum absolute atomic E-state index is 12.5. The first-order valence-electron chi connectivity index (χ1n) is 9.50. The number of hydrogen-bond donors (Lipinski definition) is 1. The normalized spacial score (nSPS) is 10.9. The van der Waals surface area contributed by atoms with Gasteiger partial charge in [-0.15, -0.1) is 4.57 Å². The number of carbonyl (C=O) groups excluding carboxylic acids is 1. The van der Waals surface area contributed by atoms with E-state index in [0.717, 1.165) is 15.7 Å². The number of aryl methyl sites for hydroxylation is 3. The molecule has 7 nitrogen and oxygen atoms in total.